The van der Waals surface area contributed by atoms with Crippen molar-refractivity contribution >= 4 is 22.6 Å². The van der Waals surface area contributed by atoms with E-state index in [1.165, 1.54) is 10.1 Å². The summed E-state index contributed by atoms with van der Waals surface area (Å²) < 4.78 is 3.50. The molecule has 0 saturated carbocycles. The summed E-state index contributed by atoms with van der Waals surface area (Å²) in [5.41, 5.74) is 0.821. The van der Waals surface area contributed by atoms with Gasteiger partial charge in [-0.05, 0) is 47.9 Å². The molecule has 0 fully saturated rings. The molecule has 2 aromatic rings. The lowest BCUT2D eigenvalue weighted by atomic mass is 10.1. The summed E-state index contributed by atoms with van der Waals surface area (Å²) in [6, 6.07) is 10.1. The van der Waals surface area contributed by atoms with E-state index in [0.29, 0.717) is 16.7 Å². The first-order valence-corrected chi connectivity index (χ1v) is 7.75. The molecule has 106 valence electrons. The predicted octanol–water partition coefficient (Wildman–Crippen LogP) is 2.27. The zero-order valence-electron chi connectivity index (χ0n) is 11.4. The standard InChI is InChI=1S/C15H17IN2O2/c1-2-17-11-13(16)14(19)18(15(17)20)10-6-9-12-7-4-3-5-8-12/h3-5,7-8,11H,2,6,9-10H2,1H3. The van der Waals surface area contributed by atoms with Gasteiger partial charge < -0.3 is 0 Å². The van der Waals surface area contributed by atoms with E-state index in [0.717, 1.165) is 12.8 Å². The Morgan fingerprint density at radius 3 is 2.50 bits per heavy atom. The fraction of sp³-hybridized carbons (Fsp3) is 0.333. The molecule has 0 aliphatic carbocycles. The lowest BCUT2D eigenvalue weighted by Crippen LogP contribution is -2.40. The minimum atomic E-state index is -0.217. The van der Waals surface area contributed by atoms with Crippen molar-refractivity contribution in [2.45, 2.75) is 32.9 Å². The smallest absolute Gasteiger partial charge is 0.300 e. The van der Waals surface area contributed by atoms with E-state index in [9.17, 15) is 9.59 Å². The Labute approximate surface area is 131 Å². The molecule has 5 heteroatoms. The van der Waals surface area contributed by atoms with Crippen LogP contribution >= 0.6 is 22.6 Å². The molecule has 0 spiro atoms. The van der Waals surface area contributed by atoms with Gasteiger partial charge in [0.1, 0.15) is 0 Å². The van der Waals surface area contributed by atoms with Crippen molar-refractivity contribution in [1.82, 2.24) is 9.13 Å². The molecule has 1 aromatic carbocycles. The van der Waals surface area contributed by atoms with Crippen LogP contribution in [0.4, 0.5) is 0 Å². The Balaban J connectivity index is 2.16. The normalized spacial score (nSPS) is 10.7. The van der Waals surface area contributed by atoms with Gasteiger partial charge in [0.15, 0.2) is 0 Å². The first-order chi connectivity index (χ1) is 9.63. The van der Waals surface area contributed by atoms with Crippen LogP contribution in [-0.2, 0) is 19.5 Å². The number of benzene rings is 1. The Kier molecular flexibility index (Phi) is 5.17. The summed E-state index contributed by atoms with van der Waals surface area (Å²) in [4.78, 5) is 24.2. The van der Waals surface area contributed by atoms with Crippen LogP contribution in [0.15, 0.2) is 46.1 Å². The highest BCUT2D eigenvalue weighted by Gasteiger charge is 2.08. The molecule has 0 atom stereocenters. The highest BCUT2D eigenvalue weighted by atomic mass is 127. The van der Waals surface area contributed by atoms with Gasteiger partial charge in [-0.3, -0.25) is 13.9 Å². The number of nitrogens with zero attached hydrogens (tertiary/aromatic N) is 2. The van der Waals surface area contributed by atoms with E-state index in [2.05, 4.69) is 12.1 Å². The molecule has 0 amide bonds. The molecule has 20 heavy (non-hydrogen) atoms. The average Bonchev–Trinajstić information content (AvgIpc) is 2.47. The van der Waals surface area contributed by atoms with Gasteiger partial charge in [-0.25, -0.2) is 4.79 Å². The van der Waals surface area contributed by atoms with Gasteiger partial charge in [-0.15, -0.1) is 0 Å². The van der Waals surface area contributed by atoms with Crippen LogP contribution in [0.1, 0.15) is 18.9 Å². The van der Waals surface area contributed by atoms with E-state index in [-0.39, 0.29) is 11.2 Å². The minimum absolute atomic E-state index is 0.187. The van der Waals surface area contributed by atoms with E-state index < -0.39 is 0 Å². The van der Waals surface area contributed by atoms with E-state index in [4.69, 9.17) is 0 Å². The molecule has 0 unspecified atom stereocenters. The maximum absolute atomic E-state index is 12.1. The summed E-state index contributed by atoms with van der Waals surface area (Å²) in [5, 5.41) is 0. The Morgan fingerprint density at radius 1 is 1.15 bits per heavy atom. The third kappa shape index (κ3) is 3.39. The van der Waals surface area contributed by atoms with E-state index >= 15 is 0 Å². The lowest BCUT2D eigenvalue weighted by Gasteiger charge is -2.09. The summed E-state index contributed by atoms with van der Waals surface area (Å²) in [6.07, 6.45) is 3.27. The van der Waals surface area contributed by atoms with Gasteiger partial charge in [0.25, 0.3) is 5.56 Å². The molecule has 0 radical (unpaired) electrons. The second kappa shape index (κ2) is 6.88. The van der Waals surface area contributed by atoms with Crippen LogP contribution in [0.2, 0.25) is 0 Å². The molecule has 0 aliphatic rings. The van der Waals surface area contributed by atoms with Gasteiger partial charge in [0.2, 0.25) is 0 Å². The fourth-order valence-electron chi connectivity index (χ4n) is 2.13. The van der Waals surface area contributed by atoms with Crippen molar-refractivity contribution in [1.29, 1.82) is 0 Å². The van der Waals surface area contributed by atoms with Crippen LogP contribution < -0.4 is 11.2 Å². The van der Waals surface area contributed by atoms with E-state index in [1.54, 1.807) is 10.8 Å². The molecular weight excluding hydrogens is 367 g/mol. The summed E-state index contributed by atoms with van der Waals surface area (Å²) in [7, 11) is 0. The number of hydrogen-bond donors (Lipinski definition) is 0. The number of hydrogen-bond acceptors (Lipinski definition) is 2. The third-order valence-electron chi connectivity index (χ3n) is 3.23. The molecule has 0 aliphatic heterocycles. The van der Waals surface area contributed by atoms with E-state index in [1.807, 2.05) is 47.7 Å². The van der Waals surface area contributed by atoms with Crippen molar-refractivity contribution < 1.29 is 0 Å². The summed E-state index contributed by atoms with van der Waals surface area (Å²) in [6.45, 7) is 2.94. The first-order valence-electron chi connectivity index (χ1n) is 6.67. The number of aryl methyl sites for hydroxylation is 2. The van der Waals surface area contributed by atoms with Crippen LogP contribution in [0.25, 0.3) is 0 Å². The maximum Gasteiger partial charge on any atom is 0.331 e. The van der Waals surface area contributed by atoms with Gasteiger partial charge in [-0.1, -0.05) is 30.3 Å². The summed E-state index contributed by atoms with van der Waals surface area (Å²) in [5.74, 6) is 0. The molecule has 0 N–H and O–H groups in total. The van der Waals surface area contributed by atoms with Crippen molar-refractivity contribution in [3.05, 3.63) is 66.5 Å². The van der Waals surface area contributed by atoms with Crippen LogP contribution in [-0.4, -0.2) is 9.13 Å². The fourth-order valence-corrected chi connectivity index (χ4v) is 2.76. The van der Waals surface area contributed by atoms with Crippen LogP contribution in [0.5, 0.6) is 0 Å². The molecule has 4 nitrogen and oxygen atoms in total. The van der Waals surface area contributed by atoms with Gasteiger partial charge in [0, 0.05) is 19.3 Å². The molecule has 2 rings (SSSR count). The third-order valence-corrected chi connectivity index (χ3v) is 3.97. The average molecular weight is 384 g/mol. The predicted molar refractivity (Wildman–Crippen MR) is 88.1 cm³/mol. The van der Waals surface area contributed by atoms with Crippen molar-refractivity contribution in [3.63, 3.8) is 0 Å². The van der Waals surface area contributed by atoms with Crippen LogP contribution in [0.3, 0.4) is 0 Å². The van der Waals surface area contributed by atoms with Gasteiger partial charge >= 0.3 is 5.69 Å². The second-order valence-corrected chi connectivity index (χ2v) is 5.75. The number of rotatable bonds is 5. The molecule has 1 aromatic heterocycles. The monoisotopic (exact) mass is 384 g/mol. The Hall–Kier alpha value is -1.37. The largest absolute Gasteiger partial charge is 0.331 e. The van der Waals surface area contributed by atoms with Gasteiger partial charge in [-0.2, -0.15) is 0 Å². The molecule has 0 saturated heterocycles. The van der Waals surface area contributed by atoms with Crippen molar-refractivity contribution in [3.8, 4) is 0 Å². The number of aromatic nitrogens is 2. The Morgan fingerprint density at radius 2 is 1.85 bits per heavy atom. The molecular formula is C15H17IN2O2. The SMILES string of the molecule is CCn1cc(I)c(=O)n(CCCc2ccccc2)c1=O. The number of halogens is 1. The van der Waals surface area contributed by atoms with Crippen LogP contribution in [0, 0.1) is 3.57 Å². The maximum atomic E-state index is 12.1. The van der Waals surface area contributed by atoms with Gasteiger partial charge in [0.05, 0.1) is 3.57 Å². The molecule has 0 bridgehead atoms. The lowest BCUT2D eigenvalue weighted by molar-refractivity contribution is 0.540. The minimum Gasteiger partial charge on any atom is -0.300 e. The molecule has 1 heterocycles. The topological polar surface area (TPSA) is 44.0 Å². The first kappa shape index (κ1) is 15.0. The van der Waals surface area contributed by atoms with Crippen molar-refractivity contribution in [2.24, 2.45) is 0 Å². The quantitative estimate of drug-likeness (QED) is 0.743. The Bertz CT molecular complexity index is 689. The van der Waals surface area contributed by atoms with Crippen molar-refractivity contribution in [2.75, 3.05) is 0 Å². The highest BCUT2D eigenvalue weighted by Crippen LogP contribution is 2.03. The highest BCUT2D eigenvalue weighted by molar-refractivity contribution is 14.1. The zero-order chi connectivity index (χ0) is 14.5. The zero-order valence-corrected chi connectivity index (χ0v) is 13.5. The summed E-state index contributed by atoms with van der Waals surface area (Å²) >= 11 is 1.99. The second-order valence-electron chi connectivity index (χ2n) is 4.59.